The predicted octanol–water partition coefficient (Wildman–Crippen LogP) is 4.53. The molecule has 8 nitrogen and oxygen atoms in total. The number of phenolic OH excluding ortho intramolecular Hbond substituents is 1. The molecule has 2 aliphatic rings. The minimum atomic E-state index is -0.799. The summed E-state index contributed by atoms with van der Waals surface area (Å²) in [5, 5.41) is 17.8. The zero-order chi connectivity index (χ0) is 22.3. The molecule has 31 heavy (non-hydrogen) atoms. The number of anilines is 1. The first-order valence-corrected chi connectivity index (χ1v) is 11.4. The fraction of sp³-hybridized carbons (Fsp3) is 0.400. The summed E-state index contributed by atoms with van der Waals surface area (Å²) in [6.45, 7) is 5.03. The van der Waals surface area contributed by atoms with E-state index >= 15 is 0 Å². The highest BCUT2D eigenvalue weighted by Gasteiger charge is 2.36. The third-order valence-electron chi connectivity index (χ3n) is 5.14. The molecule has 1 aromatic heterocycles. The topological polar surface area (TPSA) is 100 Å². The molecule has 4 rings (SSSR count). The Labute approximate surface area is 193 Å². The fourth-order valence-corrected chi connectivity index (χ4v) is 5.51. The van der Waals surface area contributed by atoms with Crippen molar-refractivity contribution in [3.8, 4) is 11.5 Å². The van der Waals surface area contributed by atoms with Crippen molar-refractivity contribution in [2.45, 2.75) is 33.0 Å². The molecule has 0 aliphatic carbocycles. The van der Waals surface area contributed by atoms with Gasteiger partial charge >= 0.3 is 6.09 Å². The lowest BCUT2D eigenvalue weighted by atomic mass is 10.00. The maximum absolute atomic E-state index is 13.0. The molecule has 1 aromatic carbocycles. The van der Waals surface area contributed by atoms with Crippen LogP contribution in [0.5, 0.6) is 11.5 Å². The van der Waals surface area contributed by atoms with Crippen molar-refractivity contribution in [1.82, 2.24) is 10.2 Å². The van der Waals surface area contributed by atoms with Crippen molar-refractivity contribution in [3.63, 3.8) is 0 Å². The first-order valence-electron chi connectivity index (χ1n) is 9.82. The monoisotopic (exact) mass is 485 g/mol. The second-order valence-electron chi connectivity index (χ2n) is 7.00. The minimum absolute atomic E-state index is 0.124. The van der Waals surface area contributed by atoms with Crippen LogP contribution in [0.15, 0.2) is 6.07 Å². The third kappa shape index (κ3) is 3.86. The van der Waals surface area contributed by atoms with E-state index in [1.807, 2.05) is 0 Å². The van der Waals surface area contributed by atoms with E-state index in [-0.39, 0.29) is 39.1 Å². The molecule has 11 heteroatoms. The zero-order valence-electron chi connectivity index (χ0n) is 16.9. The Morgan fingerprint density at radius 1 is 1.32 bits per heavy atom. The van der Waals surface area contributed by atoms with Gasteiger partial charge in [0, 0.05) is 17.5 Å². The number of carbonyl (C=O) groups excluding carboxylic acids is 2. The van der Waals surface area contributed by atoms with Crippen LogP contribution in [0.2, 0.25) is 10.0 Å². The molecule has 0 fully saturated rings. The second kappa shape index (κ2) is 8.64. The summed E-state index contributed by atoms with van der Waals surface area (Å²) in [6.07, 6.45) is -0.613. The molecule has 3 N–H and O–H groups in total. The number of phenols is 1. The van der Waals surface area contributed by atoms with E-state index in [2.05, 4.69) is 10.6 Å². The van der Waals surface area contributed by atoms with Crippen molar-refractivity contribution in [2.24, 2.45) is 0 Å². The van der Waals surface area contributed by atoms with E-state index in [0.717, 1.165) is 10.4 Å². The largest absolute Gasteiger partial charge is 0.504 e. The van der Waals surface area contributed by atoms with E-state index in [0.29, 0.717) is 43.3 Å². The maximum Gasteiger partial charge on any atom is 0.410 e. The van der Waals surface area contributed by atoms with Crippen LogP contribution < -0.4 is 15.4 Å². The molecule has 0 unspecified atom stereocenters. The van der Waals surface area contributed by atoms with Crippen LogP contribution in [0.25, 0.3) is 0 Å². The van der Waals surface area contributed by atoms with E-state index in [1.54, 1.807) is 18.7 Å². The van der Waals surface area contributed by atoms with Crippen molar-refractivity contribution in [2.75, 3.05) is 25.1 Å². The fourth-order valence-electron chi connectivity index (χ4n) is 3.77. The van der Waals surface area contributed by atoms with E-state index in [4.69, 9.17) is 32.7 Å². The number of aromatic hydroxyl groups is 1. The molecular weight excluding hydrogens is 465 g/mol. The van der Waals surface area contributed by atoms with Crippen LogP contribution in [0.1, 0.15) is 46.4 Å². The van der Waals surface area contributed by atoms with Gasteiger partial charge in [-0.05, 0) is 25.8 Å². The molecule has 3 heterocycles. The number of nitrogens with zero attached hydrogens (tertiary/aromatic N) is 1. The number of benzene rings is 1. The van der Waals surface area contributed by atoms with Crippen LogP contribution >= 0.6 is 34.5 Å². The molecule has 0 saturated carbocycles. The van der Waals surface area contributed by atoms with Gasteiger partial charge in [-0.25, -0.2) is 4.79 Å². The highest BCUT2D eigenvalue weighted by Crippen LogP contribution is 2.47. The van der Waals surface area contributed by atoms with Crippen LogP contribution in [0.4, 0.5) is 9.80 Å². The highest BCUT2D eigenvalue weighted by atomic mass is 35.5. The number of fused-ring (bicyclic) bond motifs is 3. The highest BCUT2D eigenvalue weighted by molar-refractivity contribution is 7.16. The number of hydrogen-bond acceptors (Lipinski definition) is 7. The summed E-state index contributed by atoms with van der Waals surface area (Å²) in [7, 11) is 0. The SMILES string of the molecule is CCOC(=O)N1CCc2c(sc3c2C(=O)N[C@@H](c2c(O)c(OCC)cc(Cl)c2Cl)N3)C1. The maximum atomic E-state index is 13.0. The molecule has 1 atom stereocenters. The summed E-state index contributed by atoms with van der Waals surface area (Å²) in [5.74, 6) is -0.286. The van der Waals surface area contributed by atoms with Gasteiger partial charge in [0.15, 0.2) is 11.5 Å². The summed E-state index contributed by atoms with van der Waals surface area (Å²) in [6, 6.07) is 1.44. The van der Waals surface area contributed by atoms with Crippen LogP contribution in [0, 0.1) is 0 Å². The molecule has 0 saturated heterocycles. The number of ether oxygens (including phenoxy) is 2. The lowest BCUT2D eigenvalue weighted by Crippen LogP contribution is -2.39. The average Bonchev–Trinajstić information content (AvgIpc) is 3.10. The number of hydrogen-bond donors (Lipinski definition) is 3. The molecule has 166 valence electrons. The summed E-state index contributed by atoms with van der Waals surface area (Å²) in [4.78, 5) is 27.6. The van der Waals surface area contributed by atoms with Crippen molar-refractivity contribution >= 4 is 51.5 Å². The van der Waals surface area contributed by atoms with Crippen LogP contribution in [-0.4, -0.2) is 41.8 Å². The van der Waals surface area contributed by atoms with E-state index < -0.39 is 6.17 Å². The summed E-state index contributed by atoms with van der Waals surface area (Å²) >= 11 is 14.0. The molecular formula is C20H21Cl2N3O5S. The standard InChI is InChI=1S/C20H21Cl2N3O5S/c1-3-29-11-7-10(21)15(22)14(16(11)26)17-23-18(27)13-9-5-6-25(20(28)30-4-2)8-12(9)31-19(13)24-17/h7,17,24,26H,3-6,8H2,1-2H3,(H,23,27)/t17-/m1/s1. The lowest BCUT2D eigenvalue weighted by molar-refractivity contribution is 0.0933. The van der Waals surface area contributed by atoms with E-state index in [9.17, 15) is 14.7 Å². The summed E-state index contributed by atoms with van der Waals surface area (Å²) < 4.78 is 10.5. The Bertz CT molecular complexity index is 1060. The van der Waals surface area contributed by atoms with Gasteiger partial charge in [0.05, 0.1) is 40.9 Å². The number of nitrogens with one attached hydrogen (secondary N) is 2. The predicted molar refractivity (Wildman–Crippen MR) is 119 cm³/mol. The van der Waals surface area contributed by atoms with Gasteiger partial charge in [-0.15, -0.1) is 11.3 Å². The second-order valence-corrected chi connectivity index (χ2v) is 8.89. The Balaban J connectivity index is 1.67. The quantitative estimate of drug-likeness (QED) is 0.588. The van der Waals surface area contributed by atoms with Gasteiger partial charge in [0.1, 0.15) is 11.2 Å². The zero-order valence-corrected chi connectivity index (χ0v) is 19.2. The smallest absolute Gasteiger partial charge is 0.410 e. The first-order chi connectivity index (χ1) is 14.8. The van der Waals surface area contributed by atoms with Gasteiger partial charge in [0.2, 0.25) is 0 Å². The molecule has 0 radical (unpaired) electrons. The number of carbonyl (C=O) groups is 2. The van der Waals surface area contributed by atoms with Gasteiger partial charge < -0.3 is 30.1 Å². The first kappa shape index (κ1) is 21.9. The van der Waals surface area contributed by atoms with Crippen molar-refractivity contribution < 1.29 is 24.2 Å². The van der Waals surface area contributed by atoms with Crippen LogP contribution in [0.3, 0.4) is 0 Å². The Kier molecular flexibility index (Phi) is 6.09. The third-order valence-corrected chi connectivity index (χ3v) is 7.09. The number of rotatable bonds is 4. The minimum Gasteiger partial charge on any atom is -0.504 e. The molecule has 2 amide bonds. The Morgan fingerprint density at radius 2 is 2.10 bits per heavy atom. The Hall–Kier alpha value is -2.36. The Morgan fingerprint density at radius 3 is 2.81 bits per heavy atom. The van der Waals surface area contributed by atoms with Crippen LogP contribution in [-0.2, 0) is 17.7 Å². The lowest BCUT2D eigenvalue weighted by Gasteiger charge is -2.29. The molecule has 2 aromatic rings. The van der Waals surface area contributed by atoms with Gasteiger partial charge in [-0.3, -0.25) is 4.79 Å². The number of amides is 2. The number of thiophene rings is 1. The van der Waals surface area contributed by atoms with Gasteiger partial charge in [-0.1, -0.05) is 23.2 Å². The van der Waals surface area contributed by atoms with Crippen molar-refractivity contribution in [1.29, 1.82) is 0 Å². The molecule has 0 spiro atoms. The van der Waals surface area contributed by atoms with Gasteiger partial charge in [-0.2, -0.15) is 0 Å². The normalized spacial score (nSPS) is 17.4. The van der Waals surface area contributed by atoms with Gasteiger partial charge in [0.25, 0.3) is 5.91 Å². The molecule has 0 bridgehead atoms. The van der Waals surface area contributed by atoms with Crippen molar-refractivity contribution in [3.05, 3.63) is 37.7 Å². The average molecular weight is 486 g/mol. The number of halogens is 2. The van der Waals surface area contributed by atoms with E-state index in [1.165, 1.54) is 17.4 Å². The molecule has 2 aliphatic heterocycles. The summed E-state index contributed by atoms with van der Waals surface area (Å²) in [5.41, 5.74) is 1.71.